The van der Waals surface area contributed by atoms with Crippen LogP contribution in [0.4, 0.5) is 11.6 Å². The van der Waals surface area contributed by atoms with Crippen LogP contribution in [0.25, 0.3) is 10.4 Å². The number of anilines is 2. The Kier molecular flexibility index (Phi) is 5.14. The number of thiazole rings is 1. The van der Waals surface area contributed by atoms with Crippen molar-refractivity contribution in [2.45, 2.75) is 44.3 Å². The number of rotatable bonds is 6. The van der Waals surface area contributed by atoms with E-state index in [-0.39, 0.29) is 6.10 Å². The number of ether oxygens (including phenoxy) is 2. The van der Waals surface area contributed by atoms with E-state index in [2.05, 4.69) is 39.3 Å². The molecule has 1 aromatic carbocycles. The molecule has 2 aliphatic rings. The summed E-state index contributed by atoms with van der Waals surface area (Å²) in [5.74, 6) is 1.02. The van der Waals surface area contributed by atoms with Crippen LogP contribution >= 0.6 is 11.3 Å². The molecule has 30 heavy (non-hydrogen) atoms. The predicted octanol–water partition coefficient (Wildman–Crippen LogP) is 4.19. The Morgan fingerprint density at radius 1 is 1.27 bits per heavy atom. The van der Waals surface area contributed by atoms with Crippen molar-refractivity contribution in [1.29, 1.82) is 0 Å². The van der Waals surface area contributed by atoms with E-state index >= 15 is 0 Å². The van der Waals surface area contributed by atoms with Crippen LogP contribution in [0.5, 0.6) is 5.88 Å². The maximum Gasteiger partial charge on any atom is 0.230 e. The van der Waals surface area contributed by atoms with Crippen molar-refractivity contribution >= 4 is 23.0 Å². The molecule has 7 nitrogen and oxygen atoms in total. The fourth-order valence-corrected chi connectivity index (χ4v) is 4.77. The Balaban J connectivity index is 1.35. The van der Waals surface area contributed by atoms with Gasteiger partial charge < -0.3 is 19.9 Å². The normalized spacial score (nSPS) is 20.0. The maximum absolute atomic E-state index is 10.6. The summed E-state index contributed by atoms with van der Waals surface area (Å²) in [5.41, 5.74) is 2.33. The van der Waals surface area contributed by atoms with Gasteiger partial charge in [0.15, 0.2) is 0 Å². The molecule has 2 aromatic heterocycles. The molecule has 1 atom stereocenters. The maximum atomic E-state index is 10.6. The summed E-state index contributed by atoms with van der Waals surface area (Å²) in [6.07, 6.45) is 7.10. The molecule has 1 aliphatic heterocycles. The van der Waals surface area contributed by atoms with Crippen LogP contribution in [0, 0.1) is 6.92 Å². The predicted molar refractivity (Wildman–Crippen MR) is 115 cm³/mol. The summed E-state index contributed by atoms with van der Waals surface area (Å²) >= 11 is 1.56. The number of nitrogens with one attached hydrogen (secondary N) is 1. The third-order valence-electron chi connectivity index (χ3n) is 5.51. The minimum absolute atomic E-state index is 0.0457. The molecule has 2 N–H and O–H groups in total. The quantitative estimate of drug-likeness (QED) is 0.613. The number of nitrogens with zero attached hydrogens (tertiary/aromatic N) is 3. The first-order valence-electron chi connectivity index (χ1n) is 10.2. The molecule has 0 unspecified atom stereocenters. The van der Waals surface area contributed by atoms with E-state index in [9.17, 15) is 5.11 Å². The molecule has 0 spiro atoms. The molecule has 5 rings (SSSR count). The topological polar surface area (TPSA) is 89.4 Å². The van der Waals surface area contributed by atoms with Gasteiger partial charge in [0.1, 0.15) is 16.7 Å². The van der Waals surface area contributed by atoms with E-state index in [0.717, 1.165) is 59.0 Å². The lowest BCUT2D eigenvalue weighted by atomic mass is 9.81. The van der Waals surface area contributed by atoms with E-state index in [1.807, 2.05) is 12.3 Å². The highest BCUT2D eigenvalue weighted by Gasteiger charge is 2.39. The first-order valence-corrected chi connectivity index (χ1v) is 11.0. The average molecular weight is 425 g/mol. The number of aryl methyl sites for hydroxylation is 1. The van der Waals surface area contributed by atoms with E-state index in [0.29, 0.717) is 18.4 Å². The highest BCUT2D eigenvalue weighted by atomic mass is 32.1. The van der Waals surface area contributed by atoms with Crippen molar-refractivity contribution in [2.75, 3.05) is 18.5 Å². The van der Waals surface area contributed by atoms with Crippen LogP contribution in [0.2, 0.25) is 0 Å². The average Bonchev–Trinajstić information content (AvgIpc) is 3.38. The molecule has 156 valence electrons. The van der Waals surface area contributed by atoms with E-state index in [1.54, 1.807) is 23.6 Å². The molecular weight excluding hydrogens is 400 g/mol. The van der Waals surface area contributed by atoms with Gasteiger partial charge in [-0.1, -0.05) is 6.07 Å². The molecule has 8 heteroatoms. The minimum atomic E-state index is -0.730. The van der Waals surface area contributed by atoms with E-state index in [1.165, 1.54) is 0 Å². The lowest BCUT2D eigenvalue weighted by Crippen LogP contribution is -2.33. The molecule has 1 saturated carbocycles. The number of aromatic nitrogens is 3. The lowest BCUT2D eigenvalue weighted by Gasteiger charge is -2.34. The van der Waals surface area contributed by atoms with Crippen LogP contribution < -0.4 is 10.1 Å². The van der Waals surface area contributed by atoms with Crippen LogP contribution in [0.1, 0.15) is 36.3 Å². The van der Waals surface area contributed by atoms with Crippen LogP contribution in [-0.4, -0.2) is 39.4 Å². The first kappa shape index (κ1) is 19.4. The van der Waals surface area contributed by atoms with Crippen molar-refractivity contribution in [3.63, 3.8) is 0 Å². The molecule has 0 bridgehead atoms. The van der Waals surface area contributed by atoms with Crippen LogP contribution in [0.15, 0.2) is 36.7 Å². The van der Waals surface area contributed by atoms with Gasteiger partial charge in [-0.15, -0.1) is 11.3 Å². The molecule has 3 aromatic rings. The highest BCUT2D eigenvalue weighted by molar-refractivity contribution is 7.15. The summed E-state index contributed by atoms with van der Waals surface area (Å²) in [6, 6.07) is 7.98. The van der Waals surface area contributed by atoms with Gasteiger partial charge >= 0.3 is 0 Å². The fourth-order valence-electron chi connectivity index (χ4n) is 3.72. The monoisotopic (exact) mass is 424 g/mol. The van der Waals surface area contributed by atoms with Gasteiger partial charge in [0.2, 0.25) is 11.8 Å². The Morgan fingerprint density at radius 2 is 2.17 bits per heavy atom. The molecule has 0 amide bonds. The summed E-state index contributed by atoms with van der Waals surface area (Å²) in [4.78, 5) is 14.3. The van der Waals surface area contributed by atoms with Crippen molar-refractivity contribution in [3.8, 4) is 16.3 Å². The first-order chi connectivity index (χ1) is 14.6. The number of hydrogen-bond donors (Lipinski definition) is 2. The standard InChI is InChI=1S/C22H24N4O3S/c1-14-9-15(18-12-24-20(30-18)22(27)5-2-6-22)11-16(10-14)25-21-23-7-3-19(26-21)29-17-4-8-28-13-17/h3,7,9-12,17,27H,2,4-6,8,13H2,1H3,(H,23,25,26)/t17-/m1/s1. The van der Waals surface area contributed by atoms with Gasteiger partial charge in [-0.25, -0.2) is 9.97 Å². The number of hydrogen-bond acceptors (Lipinski definition) is 8. The highest BCUT2D eigenvalue weighted by Crippen LogP contribution is 2.44. The van der Waals surface area contributed by atoms with Gasteiger partial charge in [0, 0.05) is 30.6 Å². The Hall–Kier alpha value is -2.55. The summed E-state index contributed by atoms with van der Waals surface area (Å²) < 4.78 is 11.2. The second-order valence-electron chi connectivity index (χ2n) is 7.95. The SMILES string of the molecule is Cc1cc(Nc2nccc(O[C@@H]3CCOC3)n2)cc(-c2cnc(C3(O)CCC3)s2)c1. The molecule has 2 fully saturated rings. The third kappa shape index (κ3) is 4.03. The van der Waals surface area contributed by atoms with Gasteiger partial charge in [-0.2, -0.15) is 4.98 Å². The minimum Gasteiger partial charge on any atom is -0.472 e. The zero-order chi connectivity index (χ0) is 20.6. The van der Waals surface area contributed by atoms with Gasteiger partial charge in [-0.3, -0.25) is 0 Å². The Morgan fingerprint density at radius 3 is 2.93 bits per heavy atom. The molecule has 1 saturated heterocycles. The Labute approximate surface area is 179 Å². The third-order valence-corrected chi connectivity index (χ3v) is 6.75. The van der Waals surface area contributed by atoms with Crippen molar-refractivity contribution in [3.05, 3.63) is 47.2 Å². The van der Waals surface area contributed by atoms with Crippen molar-refractivity contribution in [2.24, 2.45) is 0 Å². The molecule has 3 heterocycles. The second kappa shape index (κ2) is 7.94. The van der Waals surface area contributed by atoms with E-state index in [4.69, 9.17) is 9.47 Å². The zero-order valence-corrected chi connectivity index (χ0v) is 17.6. The Bertz CT molecular complexity index is 1040. The fraction of sp³-hybridized carbons (Fsp3) is 0.409. The van der Waals surface area contributed by atoms with Crippen molar-refractivity contribution < 1.29 is 14.6 Å². The zero-order valence-electron chi connectivity index (χ0n) is 16.8. The lowest BCUT2D eigenvalue weighted by molar-refractivity contribution is -0.0389. The second-order valence-corrected chi connectivity index (χ2v) is 8.98. The van der Waals surface area contributed by atoms with Gasteiger partial charge in [0.05, 0.1) is 18.1 Å². The molecule has 1 aliphatic carbocycles. The molecule has 0 radical (unpaired) electrons. The van der Waals surface area contributed by atoms with Crippen LogP contribution in [-0.2, 0) is 10.3 Å². The smallest absolute Gasteiger partial charge is 0.230 e. The van der Waals surface area contributed by atoms with Crippen molar-refractivity contribution in [1.82, 2.24) is 15.0 Å². The molecular formula is C22H24N4O3S. The largest absolute Gasteiger partial charge is 0.472 e. The number of aliphatic hydroxyl groups is 1. The summed E-state index contributed by atoms with van der Waals surface area (Å²) in [5, 5.41) is 14.7. The van der Waals surface area contributed by atoms with Gasteiger partial charge in [0.25, 0.3) is 0 Å². The van der Waals surface area contributed by atoms with Crippen LogP contribution in [0.3, 0.4) is 0 Å². The van der Waals surface area contributed by atoms with Gasteiger partial charge in [-0.05, 0) is 49.4 Å². The summed E-state index contributed by atoms with van der Waals surface area (Å²) in [7, 11) is 0. The van der Waals surface area contributed by atoms with E-state index < -0.39 is 5.60 Å². The summed E-state index contributed by atoms with van der Waals surface area (Å²) in [6.45, 7) is 3.38. The number of benzene rings is 1.